The molecule has 1 aliphatic carbocycles. The molecule has 1 aliphatic rings. The second-order valence-corrected chi connectivity index (χ2v) is 5.36. The number of hydrogen-bond donors (Lipinski definition) is 2. The van der Waals surface area contributed by atoms with Gasteiger partial charge in [-0.1, -0.05) is 17.7 Å². The summed E-state index contributed by atoms with van der Waals surface area (Å²) in [6, 6.07) is 10.3. The summed E-state index contributed by atoms with van der Waals surface area (Å²) in [6.45, 7) is 0. The zero-order valence-corrected chi connectivity index (χ0v) is 11.6. The van der Waals surface area contributed by atoms with Crippen LogP contribution < -0.4 is 5.32 Å². The van der Waals surface area contributed by atoms with Crippen molar-refractivity contribution < 1.29 is 9.90 Å². The summed E-state index contributed by atoms with van der Waals surface area (Å²) in [7, 11) is 0. The third kappa shape index (κ3) is 2.49. The van der Waals surface area contributed by atoms with Crippen molar-refractivity contribution in [2.75, 3.05) is 5.32 Å². The summed E-state index contributed by atoms with van der Waals surface area (Å²) < 4.78 is 0. The van der Waals surface area contributed by atoms with Crippen molar-refractivity contribution in [1.82, 2.24) is 0 Å². The van der Waals surface area contributed by atoms with E-state index in [1.807, 2.05) is 12.1 Å². The van der Waals surface area contributed by atoms with E-state index in [2.05, 4.69) is 11.4 Å². The highest BCUT2D eigenvalue weighted by molar-refractivity contribution is 6.34. The number of aryl methyl sites for hydroxylation is 2. The zero-order valence-electron chi connectivity index (χ0n) is 10.8. The normalized spacial score (nSPS) is 13.1. The van der Waals surface area contributed by atoms with Gasteiger partial charge >= 0.3 is 0 Å². The lowest BCUT2D eigenvalue weighted by atomic mass is 10.1. The quantitative estimate of drug-likeness (QED) is 0.883. The lowest BCUT2D eigenvalue weighted by Crippen LogP contribution is -2.12. The molecule has 3 nitrogen and oxygen atoms in total. The minimum absolute atomic E-state index is 0.0218. The zero-order chi connectivity index (χ0) is 14.1. The molecule has 2 aromatic carbocycles. The van der Waals surface area contributed by atoms with Crippen molar-refractivity contribution in [3.05, 3.63) is 58.1 Å². The maximum atomic E-state index is 12.2. The molecule has 4 heteroatoms. The Morgan fingerprint density at radius 3 is 2.75 bits per heavy atom. The van der Waals surface area contributed by atoms with Crippen LogP contribution in [-0.2, 0) is 12.8 Å². The molecule has 0 aromatic heterocycles. The number of halogens is 1. The fraction of sp³-hybridized carbons (Fsp3) is 0.188. The smallest absolute Gasteiger partial charge is 0.257 e. The van der Waals surface area contributed by atoms with E-state index in [4.69, 9.17) is 11.6 Å². The van der Waals surface area contributed by atoms with Crippen molar-refractivity contribution in [3.8, 4) is 5.75 Å². The molecule has 0 spiro atoms. The standard InChI is InChI=1S/C16H14ClNO2/c17-15-7-6-13(19)9-14(15)16(20)18-12-5-4-10-2-1-3-11(10)8-12/h4-9,19H,1-3H2,(H,18,20). The SMILES string of the molecule is O=C(Nc1ccc2c(c1)CCC2)c1cc(O)ccc1Cl. The predicted octanol–water partition coefficient (Wildman–Crippen LogP) is 3.79. The third-order valence-corrected chi connectivity index (χ3v) is 3.88. The van der Waals surface area contributed by atoms with E-state index in [9.17, 15) is 9.90 Å². The van der Waals surface area contributed by atoms with Gasteiger partial charge in [0.2, 0.25) is 0 Å². The van der Waals surface area contributed by atoms with Crippen molar-refractivity contribution in [2.24, 2.45) is 0 Å². The summed E-state index contributed by atoms with van der Waals surface area (Å²) in [4.78, 5) is 12.2. The van der Waals surface area contributed by atoms with Crippen molar-refractivity contribution in [2.45, 2.75) is 19.3 Å². The van der Waals surface area contributed by atoms with Gasteiger partial charge in [0.15, 0.2) is 0 Å². The van der Waals surface area contributed by atoms with Crippen LogP contribution in [0.4, 0.5) is 5.69 Å². The number of carbonyl (C=O) groups excluding carboxylic acids is 1. The van der Waals surface area contributed by atoms with Crippen LogP contribution in [0.5, 0.6) is 5.75 Å². The van der Waals surface area contributed by atoms with Gasteiger partial charge in [-0.2, -0.15) is 0 Å². The lowest BCUT2D eigenvalue weighted by Gasteiger charge is -2.09. The summed E-state index contributed by atoms with van der Waals surface area (Å²) in [6.07, 6.45) is 3.35. The topological polar surface area (TPSA) is 49.3 Å². The Bertz CT molecular complexity index is 682. The van der Waals surface area contributed by atoms with Crippen molar-refractivity contribution in [3.63, 3.8) is 0 Å². The first-order valence-corrected chi connectivity index (χ1v) is 6.93. The van der Waals surface area contributed by atoms with Gasteiger partial charge in [-0.15, -0.1) is 0 Å². The highest BCUT2D eigenvalue weighted by Crippen LogP contribution is 2.26. The molecule has 1 amide bonds. The molecule has 0 aliphatic heterocycles. The molecule has 0 unspecified atom stereocenters. The van der Waals surface area contributed by atoms with Crippen LogP contribution in [-0.4, -0.2) is 11.0 Å². The molecular formula is C16H14ClNO2. The van der Waals surface area contributed by atoms with Crippen LogP contribution in [0.15, 0.2) is 36.4 Å². The fourth-order valence-electron chi connectivity index (χ4n) is 2.54. The Morgan fingerprint density at radius 1 is 1.10 bits per heavy atom. The first-order chi connectivity index (χ1) is 9.63. The number of carbonyl (C=O) groups is 1. The van der Waals surface area contributed by atoms with Crippen LogP contribution in [0.3, 0.4) is 0 Å². The molecule has 2 aromatic rings. The molecule has 3 rings (SSSR count). The van der Waals surface area contributed by atoms with Gasteiger partial charge in [0, 0.05) is 5.69 Å². The van der Waals surface area contributed by atoms with E-state index >= 15 is 0 Å². The number of aromatic hydroxyl groups is 1. The third-order valence-electron chi connectivity index (χ3n) is 3.55. The Kier molecular flexibility index (Phi) is 3.36. The Balaban J connectivity index is 1.84. The van der Waals surface area contributed by atoms with Crippen molar-refractivity contribution >= 4 is 23.2 Å². The molecule has 102 valence electrons. The van der Waals surface area contributed by atoms with Crippen LogP contribution in [0.2, 0.25) is 5.02 Å². The molecule has 0 saturated heterocycles. The first-order valence-electron chi connectivity index (χ1n) is 6.55. The molecule has 0 radical (unpaired) electrons. The van der Waals surface area contributed by atoms with Crippen LogP contribution >= 0.6 is 11.6 Å². The van der Waals surface area contributed by atoms with E-state index in [0.29, 0.717) is 5.02 Å². The molecule has 20 heavy (non-hydrogen) atoms. The number of rotatable bonds is 2. The number of nitrogens with one attached hydrogen (secondary N) is 1. The van der Waals surface area contributed by atoms with E-state index in [1.54, 1.807) is 0 Å². The average molecular weight is 288 g/mol. The minimum atomic E-state index is -0.316. The Morgan fingerprint density at radius 2 is 1.90 bits per heavy atom. The monoisotopic (exact) mass is 287 g/mol. The highest BCUT2D eigenvalue weighted by atomic mass is 35.5. The van der Waals surface area contributed by atoms with Gasteiger partial charge in [0.05, 0.1) is 10.6 Å². The number of fused-ring (bicyclic) bond motifs is 1. The molecule has 0 atom stereocenters. The largest absolute Gasteiger partial charge is 0.508 e. The summed E-state index contributed by atoms with van der Waals surface area (Å²) >= 11 is 5.98. The van der Waals surface area contributed by atoms with Crippen LogP contribution in [0.1, 0.15) is 27.9 Å². The number of benzene rings is 2. The number of hydrogen-bond acceptors (Lipinski definition) is 2. The first kappa shape index (κ1) is 13.0. The molecule has 0 bridgehead atoms. The molecule has 2 N–H and O–H groups in total. The van der Waals surface area contributed by atoms with E-state index in [0.717, 1.165) is 18.5 Å². The van der Waals surface area contributed by atoms with E-state index < -0.39 is 0 Å². The molecule has 0 fully saturated rings. The number of amides is 1. The minimum Gasteiger partial charge on any atom is -0.508 e. The second kappa shape index (κ2) is 5.17. The predicted molar refractivity (Wildman–Crippen MR) is 79.5 cm³/mol. The number of anilines is 1. The van der Waals surface area contributed by atoms with E-state index in [-0.39, 0.29) is 17.2 Å². The fourth-order valence-corrected chi connectivity index (χ4v) is 2.74. The van der Waals surface area contributed by atoms with Crippen molar-refractivity contribution in [1.29, 1.82) is 0 Å². The number of phenols is 1. The highest BCUT2D eigenvalue weighted by Gasteiger charge is 2.14. The molecule has 0 heterocycles. The maximum absolute atomic E-state index is 12.2. The van der Waals surface area contributed by atoms with E-state index in [1.165, 1.54) is 35.7 Å². The van der Waals surface area contributed by atoms with Crippen LogP contribution in [0, 0.1) is 0 Å². The molecular weight excluding hydrogens is 274 g/mol. The number of phenolic OH excluding ortho intramolecular Hbond substituents is 1. The van der Waals surface area contributed by atoms with Gasteiger partial charge < -0.3 is 10.4 Å². The summed E-state index contributed by atoms with van der Waals surface area (Å²) in [5.41, 5.74) is 3.69. The lowest BCUT2D eigenvalue weighted by molar-refractivity contribution is 0.102. The van der Waals surface area contributed by atoms with Gasteiger partial charge in [-0.05, 0) is 60.7 Å². The average Bonchev–Trinajstić information content (AvgIpc) is 2.89. The Labute approximate surface area is 122 Å². The van der Waals surface area contributed by atoms with Crippen LogP contribution in [0.25, 0.3) is 0 Å². The second-order valence-electron chi connectivity index (χ2n) is 4.96. The van der Waals surface area contributed by atoms with Gasteiger partial charge in [-0.3, -0.25) is 4.79 Å². The Hall–Kier alpha value is -2.00. The van der Waals surface area contributed by atoms with Gasteiger partial charge in [0.1, 0.15) is 5.75 Å². The summed E-state index contributed by atoms with van der Waals surface area (Å²) in [5, 5.41) is 12.6. The van der Waals surface area contributed by atoms with Gasteiger partial charge in [-0.25, -0.2) is 0 Å². The maximum Gasteiger partial charge on any atom is 0.257 e. The molecule has 0 saturated carbocycles. The van der Waals surface area contributed by atoms with Gasteiger partial charge in [0.25, 0.3) is 5.91 Å². The summed E-state index contributed by atoms with van der Waals surface area (Å²) in [5.74, 6) is -0.294.